The maximum absolute atomic E-state index is 12.4. The van der Waals surface area contributed by atoms with Crippen molar-refractivity contribution in [2.45, 2.75) is 26.9 Å². The van der Waals surface area contributed by atoms with E-state index in [1.54, 1.807) is 24.3 Å². The molecule has 3 rings (SSSR count). The normalized spacial score (nSPS) is 12.2. The van der Waals surface area contributed by atoms with Crippen LogP contribution in [0, 0.1) is 5.41 Å². The quantitative estimate of drug-likeness (QED) is 0.333. The van der Waals surface area contributed by atoms with Gasteiger partial charge in [-0.05, 0) is 47.0 Å². The molecule has 0 aliphatic rings. The standard InChI is InChI=1S/C24H25NO3/c1-24(2,3)22(28-23(26)27-21-14-12-20(25)13-15-21)19-11-7-10-18(16-19)17-8-5-4-6-9-17/h4-16,22H,25H2,1-3H3/t22-/m1/s1. The number of hydrogen-bond acceptors (Lipinski definition) is 4. The maximum Gasteiger partial charge on any atom is 0.514 e. The number of benzene rings is 3. The van der Waals surface area contributed by atoms with E-state index in [9.17, 15) is 4.79 Å². The lowest BCUT2D eigenvalue weighted by atomic mass is 9.84. The first-order chi connectivity index (χ1) is 13.3. The zero-order chi connectivity index (χ0) is 20.1. The first-order valence-corrected chi connectivity index (χ1v) is 9.22. The van der Waals surface area contributed by atoms with Gasteiger partial charge >= 0.3 is 6.16 Å². The van der Waals surface area contributed by atoms with E-state index in [0.717, 1.165) is 16.7 Å². The lowest BCUT2D eigenvalue weighted by Crippen LogP contribution is -2.25. The summed E-state index contributed by atoms with van der Waals surface area (Å²) in [6, 6.07) is 24.8. The van der Waals surface area contributed by atoms with Crippen LogP contribution < -0.4 is 10.5 Å². The molecule has 0 radical (unpaired) electrons. The van der Waals surface area contributed by atoms with Crippen LogP contribution >= 0.6 is 0 Å². The zero-order valence-electron chi connectivity index (χ0n) is 16.4. The van der Waals surface area contributed by atoms with Gasteiger partial charge in [-0.3, -0.25) is 0 Å². The highest BCUT2D eigenvalue weighted by molar-refractivity contribution is 5.66. The lowest BCUT2D eigenvalue weighted by molar-refractivity contribution is 0.00439. The molecule has 0 saturated carbocycles. The summed E-state index contributed by atoms with van der Waals surface area (Å²) in [4.78, 5) is 12.4. The van der Waals surface area contributed by atoms with Crippen molar-refractivity contribution < 1.29 is 14.3 Å². The fraction of sp³-hybridized carbons (Fsp3) is 0.208. The molecule has 0 bridgehead atoms. The highest BCUT2D eigenvalue weighted by Gasteiger charge is 2.31. The Kier molecular flexibility index (Phi) is 5.69. The minimum Gasteiger partial charge on any atom is -0.425 e. The van der Waals surface area contributed by atoms with Crippen molar-refractivity contribution in [3.63, 3.8) is 0 Å². The third-order valence-corrected chi connectivity index (χ3v) is 4.38. The number of anilines is 1. The lowest BCUT2D eigenvalue weighted by Gasteiger charge is -2.30. The molecule has 4 heteroatoms. The van der Waals surface area contributed by atoms with Crippen molar-refractivity contribution in [2.75, 3.05) is 5.73 Å². The fourth-order valence-electron chi connectivity index (χ4n) is 3.01. The molecule has 0 heterocycles. The molecule has 28 heavy (non-hydrogen) atoms. The van der Waals surface area contributed by atoms with E-state index < -0.39 is 12.3 Å². The Morgan fingerprint density at radius 2 is 1.50 bits per heavy atom. The van der Waals surface area contributed by atoms with Crippen LogP contribution in [0.2, 0.25) is 0 Å². The predicted molar refractivity (Wildman–Crippen MR) is 112 cm³/mol. The van der Waals surface area contributed by atoms with Gasteiger partial charge < -0.3 is 15.2 Å². The molecule has 0 amide bonds. The number of ether oxygens (including phenoxy) is 2. The molecule has 0 aliphatic carbocycles. The van der Waals surface area contributed by atoms with E-state index in [-0.39, 0.29) is 5.41 Å². The second kappa shape index (κ2) is 8.17. The Morgan fingerprint density at radius 3 is 2.14 bits per heavy atom. The van der Waals surface area contributed by atoms with Crippen molar-refractivity contribution in [3.05, 3.63) is 84.4 Å². The molecular formula is C24H25NO3. The van der Waals surface area contributed by atoms with Crippen LogP contribution in [0.4, 0.5) is 10.5 Å². The first-order valence-electron chi connectivity index (χ1n) is 9.22. The van der Waals surface area contributed by atoms with E-state index in [2.05, 4.69) is 18.2 Å². The van der Waals surface area contributed by atoms with Gasteiger partial charge in [0.2, 0.25) is 0 Å². The van der Waals surface area contributed by atoms with Crippen molar-refractivity contribution >= 4 is 11.8 Å². The number of nitrogen functional groups attached to an aromatic ring is 1. The van der Waals surface area contributed by atoms with Crippen molar-refractivity contribution in [3.8, 4) is 16.9 Å². The molecule has 0 fully saturated rings. The van der Waals surface area contributed by atoms with Gasteiger partial charge in [-0.2, -0.15) is 0 Å². The number of carbonyl (C=O) groups excluding carboxylic acids is 1. The van der Waals surface area contributed by atoms with Crippen molar-refractivity contribution in [2.24, 2.45) is 5.41 Å². The summed E-state index contributed by atoms with van der Waals surface area (Å²) >= 11 is 0. The molecule has 1 atom stereocenters. The van der Waals surface area contributed by atoms with Gasteiger partial charge in [0.05, 0.1) is 0 Å². The van der Waals surface area contributed by atoms with Crippen LogP contribution in [0.1, 0.15) is 32.4 Å². The topological polar surface area (TPSA) is 61.5 Å². The van der Waals surface area contributed by atoms with E-state index in [4.69, 9.17) is 15.2 Å². The summed E-state index contributed by atoms with van der Waals surface area (Å²) in [5.74, 6) is 0.393. The van der Waals surface area contributed by atoms with E-state index >= 15 is 0 Å². The third kappa shape index (κ3) is 4.92. The molecule has 0 saturated heterocycles. The van der Waals surface area contributed by atoms with Gasteiger partial charge in [0, 0.05) is 11.1 Å². The molecule has 0 unspecified atom stereocenters. The highest BCUT2D eigenvalue weighted by Crippen LogP contribution is 2.38. The molecule has 0 aliphatic heterocycles. The average molecular weight is 375 g/mol. The molecule has 2 N–H and O–H groups in total. The summed E-state index contributed by atoms with van der Waals surface area (Å²) in [5.41, 5.74) is 9.06. The van der Waals surface area contributed by atoms with Gasteiger partial charge in [-0.1, -0.05) is 69.3 Å². The minimum atomic E-state index is -0.741. The molecule has 0 spiro atoms. The van der Waals surface area contributed by atoms with E-state index in [1.807, 2.05) is 57.2 Å². The molecule has 3 aromatic rings. The molecule has 3 aromatic carbocycles. The van der Waals surface area contributed by atoms with Crippen LogP contribution in [-0.4, -0.2) is 6.16 Å². The monoisotopic (exact) mass is 375 g/mol. The van der Waals surface area contributed by atoms with Crippen LogP contribution in [-0.2, 0) is 4.74 Å². The van der Waals surface area contributed by atoms with Gasteiger partial charge in [0.25, 0.3) is 0 Å². The van der Waals surface area contributed by atoms with E-state index in [1.165, 1.54) is 0 Å². The van der Waals surface area contributed by atoms with Crippen LogP contribution in [0.5, 0.6) is 5.75 Å². The largest absolute Gasteiger partial charge is 0.514 e. The van der Waals surface area contributed by atoms with Gasteiger partial charge in [-0.25, -0.2) is 4.79 Å². The smallest absolute Gasteiger partial charge is 0.425 e. The number of nitrogens with two attached hydrogens (primary N) is 1. The number of carbonyl (C=O) groups is 1. The van der Waals surface area contributed by atoms with Crippen LogP contribution in [0.15, 0.2) is 78.9 Å². The predicted octanol–water partition coefficient (Wildman–Crippen LogP) is 6.24. The Bertz CT molecular complexity index is 928. The van der Waals surface area contributed by atoms with Crippen molar-refractivity contribution in [1.29, 1.82) is 0 Å². The van der Waals surface area contributed by atoms with Gasteiger partial charge in [0.15, 0.2) is 0 Å². The molecular weight excluding hydrogens is 350 g/mol. The maximum atomic E-state index is 12.4. The van der Waals surface area contributed by atoms with Crippen LogP contribution in [0.25, 0.3) is 11.1 Å². The summed E-state index contributed by atoms with van der Waals surface area (Å²) < 4.78 is 11.0. The second-order valence-corrected chi connectivity index (χ2v) is 7.78. The van der Waals surface area contributed by atoms with E-state index in [0.29, 0.717) is 11.4 Å². The van der Waals surface area contributed by atoms with Gasteiger partial charge in [-0.15, -0.1) is 0 Å². The Labute approximate surface area is 165 Å². The van der Waals surface area contributed by atoms with Gasteiger partial charge in [0.1, 0.15) is 11.9 Å². The Hall–Kier alpha value is -3.27. The summed E-state index contributed by atoms with van der Waals surface area (Å²) in [6.45, 7) is 6.09. The molecule has 0 aromatic heterocycles. The molecule has 4 nitrogen and oxygen atoms in total. The minimum absolute atomic E-state index is 0.310. The SMILES string of the molecule is CC(C)(C)[C@H](OC(=O)Oc1ccc(N)cc1)c1cccc(-c2ccccc2)c1. The molecule has 144 valence electrons. The van der Waals surface area contributed by atoms with Crippen molar-refractivity contribution in [1.82, 2.24) is 0 Å². The second-order valence-electron chi connectivity index (χ2n) is 7.78. The number of rotatable bonds is 4. The number of hydrogen-bond donors (Lipinski definition) is 1. The Balaban J connectivity index is 1.83. The fourth-order valence-corrected chi connectivity index (χ4v) is 3.01. The summed E-state index contributed by atoms with van der Waals surface area (Å²) in [5, 5.41) is 0. The zero-order valence-corrected chi connectivity index (χ0v) is 16.4. The highest BCUT2D eigenvalue weighted by atomic mass is 16.7. The summed E-state index contributed by atoms with van der Waals surface area (Å²) in [7, 11) is 0. The summed E-state index contributed by atoms with van der Waals surface area (Å²) in [6.07, 6.45) is -1.20. The average Bonchev–Trinajstić information content (AvgIpc) is 2.68. The first kappa shape index (κ1) is 19.5. The van der Waals surface area contributed by atoms with Crippen LogP contribution in [0.3, 0.4) is 0 Å². The Morgan fingerprint density at radius 1 is 0.857 bits per heavy atom. The third-order valence-electron chi connectivity index (χ3n) is 4.38.